The Kier molecular flexibility index (Phi) is 4.60. The van der Waals surface area contributed by atoms with Crippen molar-refractivity contribution in [1.29, 1.82) is 0 Å². The second-order valence-electron chi connectivity index (χ2n) is 3.89. The van der Waals surface area contributed by atoms with Crippen LogP contribution < -0.4 is 9.47 Å². The van der Waals surface area contributed by atoms with Gasteiger partial charge in [0.25, 0.3) is 0 Å². The molecule has 0 aliphatic carbocycles. The summed E-state index contributed by atoms with van der Waals surface area (Å²) in [7, 11) is 1.58. The van der Waals surface area contributed by atoms with Crippen molar-refractivity contribution >= 4 is 11.6 Å². The van der Waals surface area contributed by atoms with E-state index in [1.807, 2.05) is 0 Å². The Bertz CT molecular complexity index is 560. The Labute approximate surface area is 116 Å². The lowest BCUT2D eigenvalue weighted by Crippen LogP contribution is -2.00. The van der Waals surface area contributed by atoms with Crippen LogP contribution in [0.4, 0.5) is 0 Å². The van der Waals surface area contributed by atoms with Gasteiger partial charge in [-0.15, -0.1) is 0 Å². The molecule has 2 rings (SSSR count). The normalized spacial score (nSPS) is 10.3. The molecule has 0 fully saturated rings. The minimum absolute atomic E-state index is 0.0938. The van der Waals surface area contributed by atoms with Crippen molar-refractivity contribution in [3.8, 4) is 11.5 Å². The molecule has 1 aromatic carbocycles. The van der Waals surface area contributed by atoms with Crippen molar-refractivity contribution in [3.05, 3.63) is 52.8 Å². The minimum atomic E-state index is -0.0938. The first kappa shape index (κ1) is 13.6. The summed E-state index contributed by atoms with van der Waals surface area (Å²) in [6.07, 6.45) is 3.22. The number of nitrogens with zero attached hydrogens (tertiary/aromatic N) is 1. The van der Waals surface area contributed by atoms with Crippen LogP contribution in [0.3, 0.4) is 0 Å². The van der Waals surface area contributed by atoms with E-state index in [0.29, 0.717) is 28.7 Å². The van der Waals surface area contributed by atoms with Crippen LogP contribution in [0.2, 0.25) is 5.02 Å². The van der Waals surface area contributed by atoms with Gasteiger partial charge in [0.15, 0.2) is 0 Å². The molecule has 0 amide bonds. The van der Waals surface area contributed by atoms with Crippen molar-refractivity contribution in [2.75, 3.05) is 7.11 Å². The van der Waals surface area contributed by atoms with Crippen LogP contribution in [0.25, 0.3) is 0 Å². The number of rotatable bonds is 5. The number of aromatic nitrogens is 1. The molecule has 0 saturated heterocycles. The number of aliphatic hydroxyl groups excluding tert-OH is 1. The van der Waals surface area contributed by atoms with Crippen molar-refractivity contribution < 1.29 is 14.6 Å². The molecule has 1 heterocycles. The zero-order chi connectivity index (χ0) is 13.7. The molecule has 1 aromatic heterocycles. The highest BCUT2D eigenvalue weighted by Crippen LogP contribution is 2.26. The smallest absolute Gasteiger partial charge is 0.129 e. The standard InChI is InChI=1S/C14H14ClNO3/c1-18-12-3-2-10(8-17)14(6-12)19-9-11-4-5-16-7-13(11)15/h2-7,17H,8-9H2,1H3. The van der Waals surface area contributed by atoms with Gasteiger partial charge < -0.3 is 14.6 Å². The molecule has 0 atom stereocenters. The van der Waals surface area contributed by atoms with Crippen LogP contribution in [-0.4, -0.2) is 17.2 Å². The zero-order valence-corrected chi connectivity index (χ0v) is 11.2. The van der Waals surface area contributed by atoms with E-state index in [2.05, 4.69) is 4.98 Å². The molecule has 5 heteroatoms. The maximum atomic E-state index is 9.28. The summed E-state index contributed by atoms with van der Waals surface area (Å²) >= 11 is 6.01. The predicted octanol–water partition coefficient (Wildman–Crippen LogP) is 2.81. The summed E-state index contributed by atoms with van der Waals surface area (Å²) in [5.74, 6) is 1.25. The lowest BCUT2D eigenvalue weighted by molar-refractivity contribution is 0.258. The van der Waals surface area contributed by atoms with E-state index >= 15 is 0 Å². The SMILES string of the molecule is COc1ccc(CO)c(OCc2ccncc2Cl)c1. The third kappa shape index (κ3) is 3.36. The number of pyridine rings is 1. The van der Waals surface area contributed by atoms with Crippen LogP contribution in [0.5, 0.6) is 11.5 Å². The van der Waals surface area contributed by atoms with E-state index < -0.39 is 0 Å². The average Bonchev–Trinajstić information content (AvgIpc) is 2.46. The molecule has 0 spiro atoms. The molecule has 100 valence electrons. The summed E-state index contributed by atoms with van der Waals surface area (Å²) in [4.78, 5) is 3.91. The molecular weight excluding hydrogens is 266 g/mol. The predicted molar refractivity (Wildman–Crippen MR) is 72.5 cm³/mol. The molecule has 0 aliphatic heterocycles. The molecule has 1 N–H and O–H groups in total. The largest absolute Gasteiger partial charge is 0.497 e. The van der Waals surface area contributed by atoms with Crippen LogP contribution in [0.15, 0.2) is 36.7 Å². The summed E-state index contributed by atoms with van der Waals surface area (Å²) in [5.41, 5.74) is 1.54. The lowest BCUT2D eigenvalue weighted by Gasteiger charge is -2.12. The van der Waals surface area contributed by atoms with Gasteiger partial charge in [-0.1, -0.05) is 11.6 Å². The molecule has 0 radical (unpaired) electrons. The first-order valence-electron chi connectivity index (χ1n) is 5.73. The van der Waals surface area contributed by atoms with Gasteiger partial charge >= 0.3 is 0 Å². The second-order valence-corrected chi connectivity index (χ2v) is 4.29. The van der Waals surface area contributed by atoms with Crippen LogP contribution in [0, 0.1) is 0 Å². The second kappa shape index (κ2) is 6.41. The molecule has 0 bridgehead atoms. The fourth-order valence-electron chi connectivity index (χ4n) is 1.60. The maximum Gasteiger partial charge on any atom is 0.129 e. The molecule has 0 aliphatic rings. The van der Waals surface area contributed by atoms with Crippen LogP contribution in [0.1, 0.15) is 11.1 Å². The van der Waals surface area contributed by atoms with Crippen molar-refractivity contribution in [2.24, 2.45) is 0 Å². The minimum Gasteiger partial charge on any atom is -0.497 e. The Morgan fingerprint density at radius 3 is 2.79 bits per heavy atom. The third-order valence-electron chi connectivity index (χ3n) is 2.68. The molecule has 0 unspecified atom stereocenters. The Morgan fingerprint density at radius 1 is 1.26 bits per heavy atom. The summed E-state index contributed by atoms with van der Waals surface area (Å²) in [6, 6.07) is 7.07. The third-order valence-corrected chi connectivity index (χ3v) is 3.02. The van der Waals surface area contributed by atoms with Crippen LogP contribution in [-0.2, 0) is 13.2 Å². The molecule has 0 saturated carbocycles. The fourth-order valence-corrected chi connectivity index (χ4v) is 1.78. The number of halogens is 1. The number of hydrogen-bond acceptors (Lipinski definition) is 4. The van der Waals surface area contributed by atoms with Crippen molar-refractivity contribution in [1.82, 2.24) is 4.98 Å². The van der Waals surface area contributed by atoms with Gasteiger partial charge in [0.1, 0.15) is 18.1 Å². The van der Waals surface area contributed by atoms with Gasteiger partial charge in [-0.25, -0.2) is 0 Å². The number of aliphatic hydroxyl groups is 1. The van der Waals surface area contributed by atoms with Gasteiger partial charge in [-0.05, 0) is 18.2 Å². The number of ether oxygens (including phenoxy) is 2. The maximum absolute atomic E-state index is 9.28. The number of methoxy groups -OCH3 is 1. The summed E-state index contributed by atoms with van der Waals surface area (Å²) in [6.45, 7) is 0.213. The van der Waals surface area contributed by atoms with Crippen LogP contribution >= 0.6 is 11.6 Å². The Hall–Kier alpha value is -1.78. The van der Waals surface area contributed by atoms with Gasteiger partial charge in [0, 0.05) is 29.6 Å². The van der Waals surface area contributed by atoms with E-state index in [9.17, 15) is 5.11 Å². The highest BCUT2D eigenvalue weighted by atomic mass is 35.5. The Morgan fingerprint density at radius 2 is 2.11 bits per heavy atom. The highest BCUT2D eigenvalue weighted by Gasteiger charge is 2.07. The lowest BCUT2D eigenvalue weighted by atomic mass is 10.2. The number of benzene rings is 1. The average molecular weight is 280 g/mol. The first-order valence-corrected chi connectivity index (χ1v) is 6.11. The zero-order valence-electron chi connectivity index (χ0n) is 10.5. The van der Waals surface area contributed by atoms with Crippen molar-refractivity contribution in [2.45, 2.75) is 13.2 Å². The molecule has 2 aromatic rings. The topological polar surface area (TPSA) is 51.6 Å². The summed E-state index contributed by atoms with van der Waals surface area (Å²) in [5, 5.41) is 9.83. The van der Waals surface area contributed by atoms with Gasteiger partial charge in [-0.3, -0.25) is 4.98 Å². The Balaban J connectivity index is 2.16. The van der Waals surface area contributed by atoms with E-state index in [-0.39, 0.29) is 6.61 Å². The summed E-state index contributed by atoms with van der Waals surface area (Å²) < 4.78 is 10.8. The molecular formula is C14H14ClNO3. The van der Waals surface area contributed by atoms with E-state index in [1.54, 1.807) is 43.8 Å². The molecule has 19 heavy (non-hydrogen) atoms. The van der Waals surface area contributed by atoms with Gasteiger partial charge in [0.2, 0.25) is 0 Å². The number of hydrogen-bond donors (Lipinski definition) is 1. The van der Waals surface area contributed by atoms with Gasteiger partial charge in [0.05, 0.1) is 18.7 Å². The van der Waals surface area contributed by atoms with Crippen molar-refractivity contribution in [3.63, 3.8) is 0 Å². The molecule has 4 nitrogen and oxygen atoms in total. The monoisotopic (exact) mass is 279 g/mol. The van der Waals surface area contributed by atoms with E-state index in [1.165, 1.54) is 0 Å². The van der Waals surface area contributed by atoms with E-state index in [0.717, 1.165) is 5.56 Å². The fraction of sp³-hybridized carbons (Fsp3) is 0.214. The highest BCUT2D eigenvalue weighted by molar-refractivity contribution is 6.31. The van der Waals surface area contributed by atoms with E-state index in [4.69, 9.17) is 21.1 Å². The van der Waals surface area contributed by atoms with Gasteiger partial charge in [-0.2, -0.15) is 0 Å². The quantitative estimate of drug-likeness (QED) is 0.914. The first-order chi connectivity index (χ1) is 9.24.